The lowest BCUT2D eigenvalue weighted by Gasteiger charge is -2.17. The Kier molecular flexibility index (Phi) is 5.80. The number of hydrogen-bond acceptors (Lipinski definition) is 3. The number of carbonyl (C=O) groups is 1. The van der Waals surface area contributed by atoms with E-state index in [2.05, 4.69) is 51.2 Å². The monoisotopic (exact) mass is 374 g/mol. The predicted molar refractivity (Wildman–Crippen MR) is 109 cm³/mol. The van der Waals surface area contributed by atoms with E-state index in [-0.39, 0.29) is 5.91 Å². The van der Waals surface area contributed by atoms with Gasteiger partial charge in [0.05, 0.1) is 6.54 Å². The Morgan fingerprint density at radius 3 is 2.46 bits per heavy atom. The fraction of sp³-hybridized carbons (Fsp3) is 0.348. The average Bonchev–Trinajstić information content (AvgIpc) is 3.38. The third-order valence-corrected chi connectivity index (χ3v) is 5.47. The molecule has 2 heterocycles. The molecule has 3 aromatic rings. The summed E-state index contributed by atoms with van der Waals surface area (Å²) in [7, 11) is 0. The van der Waals surface area contributed by atoms with E-state index in [9.17, 15) is 4.79 Å². The molecule has 0 radical (unpaired) electrons. The molecular weight excluding hydrogens is 348 g/mol. The number of carbonyl (C=O) groups excluding carboxylic acids is 1. The molecule has 2 aromatic carbocycles. The van der Waals surface area contributed by atoms with Crippen molar-refractivity contribution < 1.29 is 4.79 Å². The van der Waals surface area contributed by atoms with E-state index in [1.165, 1.54) is 11.1 Å². The number of rotatable bonds is 7. The van der Waals surface area contributed by atoms with Crippen LogP contribution in [0.4, 0.5) is 0 Å². The summed E-state index contributed by atoms with van der Waals surface area (Å²) in [5.41, 5.74) is 2.47. The Hall–Kier alpha value is -2.95. The van der Waals surface area contributed by atoms with Crippen molar-refractivity contribution in [2.45, 2.75) is 32.2 Å². The minimum Gasteiger partial charge on any atom is -0.342 e. The van der Waals surface area contributed by atoms with Crippen LogP contribution in [0.25, 0.3) is 0 Å². The Morgan fingerprint density at radius 2 is 1.71 bits per heavy atom. The van der Waals surface area contributed by atoms with Gasteiger partial charge in [0.15, 0.2) is 0 Å². The van der Waals surface area contributed by atoms with Gasteiger partial charge in [-0.25, -0.2) is 0 Å². The lowest BCUT2D eigenvalue weighted by Crippen LogP contribution is -2.29. The van der Waals surface area contributed by atoms with E-state index >= 15 is 0 Å². The molecule has 0 spiro atoms. The molecular formula is C23H26N4O. The van der Waals surface area contributed by atoms with Gasteiger partial charge in [-0.2, -0.15) is 0 Å². The maximum Gasteiger partial charge on any atom is 0.222 e. The van der Waals surface area contributed by atoms with Crippen LogP contribution in [-0.2, 0) is 24.2 Å². The van der Waals surface area contributed by atoms with Crippen LogP contribution in [0.15, 0.2) is 67.0 Å². The van der Waals surface area contributed by atoms with Crippen molar-refractivity contribution in [1.29, 1.82) is 0 Å². The first-order chi connectivity index (χ1) is 13.8. The summed E-state index contributed by atoms with van der Waals surface area (Å²) in [5.74, 6) is 1.73. The maximum atomic E-state index is 12.6. The second-order valence-corrected chi connectivity index (χ2v) is 7.54. The summed E-state index contributed by atoms with van der Waals surface area (Å²) in [6.45, 7) is 2.46. The van der Waals surface area contributed by atoms with Crippen LogP contribution in [0, 0.1) is 5.92 Å². The Morgan fingerprint density at radius 1 is 1.00 bits per heavy atom. The Bertz CT molecular complexity index is 891. The number of aryl methyl sites for hydroxylation is 1. The molecule has 144 valence electrons. The van der Waals surface area contributed by atoms with Gasteiger partial charge >= 0.3 is 0 Å². The van der Waals surface area contributed by atoms with Crippen LogP contribution in [-0.4, -0.2) is 38.7 Å². The molecule has 0 saturated carbocycles. The van der Waals surface area contributed by atoms with Gasteiger partial charge in [0, 0.05) is 25.9 Å². The minimum absolute atomic E-state index is 0.261. The molecule has 0 bridgehead atoms. The average molecular weight is 374 g/mol. The molecule has 1 aliphatic rings. The second-order valence-electron chi connectivity index (χ2n) is 7.54. The lowest BCUT2D eigenvalue weighted by atomic mass is 10.0. The molecule has 5 heteroatoms. The summed E-state index contributed by atoms with van der Waals surface area (Å²) in [4.78, 5) is 14.6. The van der Waals surface area contributed by atoms with E-state index in [1.807, 2.05) is 29.2 Å². The number of amides is 1. The van der Waals surface area contributed by atoms with E-state index in [0.29, 0.717) is 12.3 Å². The number of likely N-dealkylation sites (tertiary alicyclic amines) is 1. The van der Waals surface area contributed by atoms with Crippen molar-refractivity contribution in [2.24, 2.45) is 5.92 Å². The molecule has 1 amide bonds. The highest BCUT2D eigenvalue weighted by atomic mass is 16.2. The highest BCUT2D eigenvalue weighted by molar-refractivity contribution is 5.76. The zero-order valence-electron chi connectivity index (χ0n) is 16.1. The fourth-order valence-corrected chi connectivity index (χ4v) is 3.89. The van der Waals surface area contributed by atoms with Gasteiger partial charge in [0.2, 0.25) is 5.91 Å². The Labute approximate surface area is 166 Å². The van der Waals surface area contributed by atoms with Crippen molar-refractivity contribution in [3.05, 3.63) is 83.9 Å². The number of benzene rings is 2. The molecule has 1 atom stereocenters. The topological polar surface area (TPSA) is 51.0 Å². The number of nitrogens with zero attached hydrogens (tertiary/aromatic N) is 4. The van der Waals surface area contributed by atoms with Gasteiger partial charge < -0.3 is 9.47 Å². The van der Waals surface area contributed by atoms with Gasteiger partial charge in [-0.05, 0) is 29.9 Å². The van der Waals surface area contributed by atoms with Crippen LogP contribution in [0.3, 0.4) is 0 Å². The fourth-order valence-electron chi connectivity index (χ4n) is 3.89. The second kappa shape index (κ2) is 8.83. The first kappa shape index (κ1) is 18.4. The van der Waals surface area contributed by atoms with Crippen LogP contribution in [0.2, 0.25) is 0 Å². The van der Waals surface area contributed by atoms with Crippen molar-refractivity contribution in [2.75, 3.05) is 13.1 Å². The summed E-state index contributed by atoms with van der Waals surface area (Å²) in [6, 6.07) is 20.6. The van der Waals surface area contributed by atoms with E-state index < -0.39 is 0 Å². The van der Waals surface area contributed by atoms with Crippen LogP contribution in [0.5, 0.6) is 0 Å². The van der Waals surface area contributed by atoms with Crippen LogP contribution in [0.1, 0.15) is 29.8 Å². The highest BCUT2D eigenvalue weighted by Crippen LogP contribution is 2.21. The smallest absolute Gasteiger partial charge is 0.222 e. The quantitative estimate of drug-likeness (QED) is 0.637. The summed E-state index contributed by atoms with van der Waals surface area (Å²) >= 11 is 0. The molecule has 4 rings (SSSR count). The predicted octanol–water partition coefficient (Wildman–Crippen LogP) is 3.35. The molecule has 1 fully saturated rings. The lowest BCUT2D eigenvalue weighted by molar-refractivity contribution is -0.130. The summed E-state index contributed by atoms with van der Waals surface area (Å²) in [6.07, 6.45) is 5.11. The van der Waals surface area contributed by atoms with E-state index in [0.717, 1.165) is 44.7 Å². The van der Waals surface area contributed by atoms with Gasteiger partial charge in [-0.15, -0.1) is 10.2 Å². The normalized spacial score (nSPS) is 16.4. The van der Waals surface area contributed by atoms with E-state index in [1.54, 1.807) is 6.33 Å². The molecule has 0 aliphatic carbocycles. The third kappa shape index (κ3) is 4.66. The first-order valence-electron chi connectivity index (χ1n) is 10.0. The van der Waals surface area contributed by atoms with Crippen molar-refractivity contribution in [1.82, 2.24) is 19.7 Å². The van der Waals surface area contributed by atoms with Crippen molar-refractivity contribution in [3.63, 3.8) is 0 Å². The van der Waals surface area contributed by atoms with Gasteiger partial charge in [-0.1, -0.05) is 60.7 Å². The SMILES string of the molecule is O=C(CCc1ccccc1)N1CCC(Cc2nncn2Cc2ccccc2)C1. The van der Waals surface area contributed by atoms with Crippen molar-refractivity contribution in [3.8, 4) is 0 Å². The van der Waals surface area contributed by atoms with Crippen LogP contribution < -0.4 is 0 Å². The van der Waals surface area contributed by atoms with Gasteiger partial charge in [0.25, 0.3) is 0 Å². The van der Waals surface area contributed by atoms with E-state index in [4.69, 9.17) is 0 Å². The molecule has 1 unspecified atom stereocenters. The van der Waals surface area contributed by atoms with Crippen molar-refractivity contribution >= 4 is 5.91 Å². The largest absolute Gasteiger partial charge is 0.342 e. The molecule has 0 N–H and O–H groups in total. The Balaban J connectivity index is 1.29. The third-order valence-electron chi connectivity index (χ3n) is 5.47. The minimum atomic E-state index is 0.261. The highest BCUT2D eigenvalue weighted by Gasteiger charge is 2.27. The number of hydrogen-bond donors (Lipinski definition) is 0. The molecule has 1 aliphatic heterocycles. The van der Waals surface area contributed by atoms with Gasteiger partial charge in [-0.3, -0.25) is 4.79 Å². The van der Waals surface area contributed by atoms with Gasteiger partial charge in [0.1, 0.15) is 12.2 Å². The summed E-state index contributed by atoms with van der Waals surface area (Å²) in [5, 5.41) is 8.44. The molecule has 28 heavy (non-hydrogen) atoms. The molecule has 1 saturated heterocycles. The zero-order valence-corrected chi connectivity index (χ0v) is 16.1. The number of aromatic nitrogens is 3. The molecule has 5 nitrogen and oxygen atoms in total. The van der Waals surface area contributed by atoms with Crippen LogP contribution >= 0.6 is 0 Å². The zero-order chi connectivity index (χ0) is 19.2. The standard InChI is InChI=1S/C23H26N4O/c28-23(12-11-19-7-3-1-4-8-19)26-14-13-21(17-26)15-22-25-24-18-27(22)16-20-9-5-2-6-10-20/h1-10,18,21H,11-17H2. The first-order valence-corrected chi connectivity index (χ1v) is 10.0. The maximum absolute atomic E-state index is 12.6. The molecule has 1 aromatic heterocycles. The summed E-state index contributed by atoms with van der Waals surface area (Å²) < 4.78 is 2.12.